The Kier molecular flexibility index (Phi) is 5.53. The van der Waals surface area contributed by atoms with Crippen LogP contribution < -0.4 is 5.32 Å². The number of thiophene rings is 1. The van der Waals surface area contributed by atoms with E-state index in [9.17, 15) is 4.79 Å². The monoisotopic (exact) mass is 433 g/mol. The molecule has 31 heavy (non-hydrogen) atoms. The van der Waals surface area contributed by atoms with Gasteiger partial charge in [-0.3, -0.25) is 4.79 Å². The predicted octanol–water partition coefficient (Wildman–Crippen LogP) is 4.76. The van der Waals surface area contributed by atoms with Crippen molar-refractivity contribution in [3.8, 4) is 11.3 Å². The number of aryl methyl sites for hydroxylation is 1. The zero-order valence-electron chi connectivity index (χ0n) is 17.3. The summed E-state index contributed by atoms with van der Waals surface area (Å²) in [5.41, 5.74) is 5.48. The van der Waals surface area contributed by atoms with Crippen LogP contribution >= 0.6 is 11.3 Å². The Bertz CT molecular complexity index is 1210. The molecule has 4 heterocycles. The number of carbonyl (C=O) groups is 1. The van der Waals surface area contributed by atoms with Crippen molar-refractivity contribution in [3.63, 3.8) is 0 Å². The number of pyridine rings is 1. The summed E-state index contributed by atoms with van der Waals surface area (Å²) >= 11 is 1.66. The van der Waals surface area contributed by atoms with Gasteiger partial charge in [-0.25, -0.2) is 9.97 Å². The molecule has 1 saturated heterocycles. The van der Waals surface area contributed by atoms with E-state index in [0.717, 1.165) is 46.3 Å². The number of benzene rings is 1. The number of rotatable bonds is 5. The van der Waals surface area contributed by atoms with E-state index in [1.165, 1.54) is 5.56 Å². The average Bonchev–Trinajstić information content (AvgIpc) is 3.44. The second-order valence-electron chi connectivity index (χ2n) is 7.79. The van der Waals surface area contributed by atoms with E-state index in [1.54, 1.807) is 17.6 Å². The first-order valence-electron chi connectivity index (χ1n) is 10.4. The summed E-state index contributed by atoms with van der Waals surface area (Å²) in [6.07, 6.45) is 4.09. The number of hydrogen-bond donors (Lipinski definition) is 1. The van der Waals surface area contributed by atoms with Crippen LogP contribution in [0.1, 0.15) is 40.3 Å². The van der Waals surface area contributed by atoms with E-state index in [2.05, 4.69) is 39.6 Å². The Morgan fingerprint density at radius 3 is 2.71 bits per heavy atom. The molecule has 0 spiro atoms. The quantitative estimate of drug-likeness (QED) is 0.491. The number of aromatic nitrogens is 2. The van der Waals surface area contributed by atoms with Gasteiger partial charge < -0.3 is 14.5 Å². The molecule has 1 aromatic carbocycles. The van der Waals surface area contributed by atoms with E-state index in [0.29, 0.717) is 24.8 Å². The van der Waals surface area contributed by atoms with Crippen molar-refractivity contribution in [2.45, 2.75) is 32.2 Å². The number of oxazole rings is 1. The fraction of sp³-hybridized carbons (Fsp3) is 0.292. The van der Waals surface area contributed by atoms with Crippen LogP contribution in [0.4, 0.5) is 0 Å². The molecule has 4 aromatic rings. The topological polar surface area (TPSA) is 77.2 Å². The summed E-state index contributed by atoms with van der Waals surface area (Å²) in [5.74, 6) is 0.542. The molecule has 3 aromatic heterocycles. The number of amides is 1. The standard InChI is InChI=1S/C24H23N3O3S/c1-15-25-22(14-30-15)17-4-2-16(3-5-17)12-18-13-21(27-20-8-11-31-23(18)20)24(28)26-19-6-9-29-10-7-19/h2-5,8,11,13-14,19H,6-7,9-10,12H2,1H3,(H,26,28). The van der Waals surface area contributed by atoms with E-state index < -0.39 is 0 Å². The third kappa shape index (κ3) is 4.38. The second-order valence-corrected chi connectivity index (χ2v) is 8.70. The number of nitrogens with one attached hydrogen (secondary N) is 1. The van der Waals surface area contributed by atoms with E-state index >= 15 is 0 Å². The minimum absolute atomic E-state index is 0.113. The fourth-order valence-corrected chi connectivity index (χ4v) is 4.73. The highest BCUT2D eigenvalue weighted by molar-refractivity contribution is 7.17. The Hall–Kier alpha value is -3.03. The van der Waals surface area contributed by atoms with Crippen LogP contribution in [0.25, 0.3) is 21.5 Å². The molecule has 0 aliphatic carbocycles. The molecular weight excluding hydrogens is 410 g/mol. The van der Waals surface area contributed by atoms with Crippen LogP contribution in [0.2, 0.25) is 0 Å². The third-order valence-corrected chi connectivity index (χ3v) is 6.52. The van der Waals surface area contributed by atoms with Gasteiger partial charge in [-0.1, -0.05) is 24.3 Å². The molecule has 1 aliphatic rings. The van der Waals surface area contributed by atoms with Crippen molar-refractivity contribution in [2.75, 3.05) is 13.2 Å². The molecule has 0 saturated carbocycles. The molecule has 6 nitrogen and oxygen atoms in total. The Balaban J connectivity index is 1.38. The van der Waals surface area contributed by atoms with Gasteiger partial charge in [0.25, 0.3) is 5.91 Å². The number of ether oxygens (including phenoxy) is 1. The molecule has 5 rings (SSSR count). The van der Waals surface area contributed by atoms with Crippen LogP contribution in [0.5, 0.6) is 0 Å². The minimum Gasteiger partial charge on any atom is -0.449 e. The summed E-state index contributed by atoms with van der Waals surface area (Å²) in [4.78, 5) is 21.8. The van der Waals surface area contributed by atoms with Crippen LogP contribution in [-0.2, 0) is 11.2 Å². The van der Waals surface area contributed by atoms with Crippen LogP contribution in [0.3, 0.4) is 0 Å². The Morgan fingerprint density at radius 1 is 1.16 bits per heavy atom. The van der Waals surface area contributed by atoms with Crippen molar-refractivity contribution < 1.29 is 13.9 Å². The van der Waals surface area contributed by atoms with Gasteiger partial charge in [-0.05, 0) is 47.9 Å². The first-order valence-corrected chi connectivity index (χ1v) is 11.3. The maximum absolute atomic E-state index is 12.9. The van der Waals surface area contributed by atoms with Gasteiger partial charge in [-0.2, -0.15) is 0 Å². The summed E-state index contributed by atoms with van der Waals surface area (Å²) in [5, 5.41) is 5.14. The lowest BCUT2D eigenvalue weighted by atomic mass is 10.0. The van der Waals surface area contributed by atoms with Crippen molar-refractivity contribution >= 4 is 27.5 Å². The second kappa shape index (κ2) is 8.61. The molecular formula is C24H23N3O3S. The number of hydrogen-bond acceptors (Lipinski definition) is 6. The highest BCUT2D eigenvalue weighted by Gasteiger charge is 2.19. The number of nitrogens with zero attached hydrogens (tertiary/aromatic N) is 2. The lowest BCUT2D eigenvalue weighted by Gasteiger charge is -2.23. The highest BCUT2D eigenvalue weighted by Crippen LogP contribution is 2.27. The summed E-state index contributed by atoms with van der Waals surface area (Å²) in [6.45, 7) is 3.22. The van der Waals surface area contributed by atoms with Gasteiger partial charge in [0, 0.05) is 31.7 Å². The molecule has 1 aliphatic heterocycles. The van der Waals surface area contributed by atoms with E-state index in [4.69, 9.17) is 9.15 Å². The highest BCUT2D eigenvalue weighted by atomic mass is 32.1. The smallest absolute Gasteiger partial charge is 0.270 e. The van der Waals surface area contributed by atoms with Crippen molar-refractivity contribution in [1.29, 1.82) is 0 Å². The van der Waals surface area contributed by atoms with Crippen LogP contribution in [0.15, 0.2) is 52.5 Å². The van der Waals surface area contributed by atoms with Gasteiger partial charge in [0.05, 0.1) is 10.2 Å². The molecule has 0 unspecified atom stereocenters. The Morgan fingerprint density at radius 2 is 1.97 bits per heavy atom. The molecule has 1 N–H and O–H groups in total. The summed E-state index contributed by atoms with van der Waals surface area (Å²) < 4.78 is 11.8. The number of fused-ring (bicyclic) bond motifs is 1. The van der Waals surface area contributed by atoms with Crippen LogP contribution in [0, 0.1) is 6.92 Å². The first-order chi connectivity index (χ1) is 15.2. The van der Waals surface area contributed by atoms with E-state index in [1.807, 2.05) is 24.4 Å². The van der Waals surface area contributed by atoms with Crippen molar-refractivity contribution in [3.05, 3.63) is 70.8 Å². The molecule has 0 bridgehead atoms. The lowest BCUT2D eigenvalue weighted by Crippen LogP contribution is -2.39. The molecule has 158 valence electrons. The SMILES string of the molecule is Cc1nc(-c2ccc(Cc3cc(C(=O)NC4CCOCC4)nc4ccsc34)cc2)co1. The van der Waals surface area contributed by atoms with Gasteiger partial charge in [-0.15, -0.1) is 11.3 Å². The summed E-state index contributed by atoms with van der Waals surface area (Å²) in [6, 6.07) is 12.4. The molecule has 7 heteroatoms. The third-order valence-electron chi connectivity index (χ3n) is 5.54. The predicted molar refractivity (Wildman–Crippen MR) is 120 cm³/mol. The summed E-state index contributed by atoms with van der Waals surface area (Å²) in [7, 11) is 0. The van der Waals surface area contributed by atoms with Gasteiger partial charge in [0.1, 0.15) is 17.7 Å². The Labute approximate surface area is 184 Å². The minimum atomic E-state index is -0.113. The van der Waals surface area contributed by atoms with Gasteiger partial charge in [0.15, 0.2) is 5.89 Å². The fourth-order valence-electron chi connectivity index (χ4n) is 3.88. The molecule has 0 atom stereocenters. The normalized spacial score (nSPS) is 14.7. The number of carbonyl (C=O) groups excluding carboxylic acids is 1. The van der Waals surface area contributed by atoms with Gasteiger partial charge in [0.2, 0.25) is 0 Å². The molecule has 0 radical (unpaired) electrons. The van der Waals surface area contributed by atoms with Crippen molar-refractivity contribution in [1.82, 2.24) is 15.3 Å². The average molecular weight is 434 g/mol. The molecule has 1 fully saturated rings. The lowest BCUT2D eigenvalue weighted by molar-refractivity contribution is 0.0694. The molecule has 1 amide bonds. The maximum Gasteiger partial charge on any atom is 0.270 e. The first kappa shape index (κ1) is 19.9. The van der Waals surface area contributed by atoms with E-state index in [-0.39, 0.29) is 11.9 Å². The largest absolute Gasteiger partial charge is 0.449 e. The maximum atomic E-state index is 12.9. The van der Waals surface area contributed by atoms with Crippen molar-refractivity contribution in [2.24, 2.45) is 0 Å². The van der Waals surface area contributed by atoms with Gasteiger partial charge >= 0.3 is 0 Å². The zero-order valence-corrected chi connectivity index (χ0v) is 18.1. The zero-order chi connectivity index (χ0) is 21.2. The van der Waals surface area contributed by atoms with Crippen LogP contribution in [-0.4, -0.2) is 35.1 Å².